The molecular formula is C15H15F3N2O4S2. The van der Waals surface area contributed by atoms with Crippen LogP contribution < -0.4 is 9.86 Å². The second-order valence-electron chi connectivity index (χ2n) is 5.45. The number of hydrogen-bond acceptors (Lipinski definition) is 4. The predicted octanol–water partition coefficient (Wildman–Crippen LogP) is 2.39. The number of nitrogens with one attached hydrogen (secondary N) is 1. The van der Waals surface area contributed by atoms with Gasteiger partial charge in [0.1, 0.15) is 0 Å². The average Bonchev–Trinajstić information content (AvgIpc) is 2.53. The van der Waals surface area contributed by atoms with E-state index in [9.17, 15) is 30.0 Å². The summed E-state index contributed by atoms with van der Waals surface area (Å²) in [6.45, 7) is 1.37. The number of sulfonamides is 2. The van der Waals surface area contributed by atoms with Crippen LogP contribution in [-0.4, -0.2) is 16.8 Å². The Morgan fingerprint density at radius 3 is 2.19 bits per heavy atom. The van der Waals surface area contributed by atoms with Gasteiger partial charge in [0.25, 0.3) is 0 Å². The van der Waals surface area contributed by atoms with Crippen LogP contribution in [0.5, 0.6) is 0 Å². The van der Waals surface area contributed by atoms with Crippen LogP contribution in [0.1, 0.15) is 24.1 Å². The Morgan fingerprint density at radius 2 is 1.62 bits per heavy atom. The summed E-state index contributed by atoms with van der Waals surface area (Å²) in [5.74, 6) is 0. The van der Waals surface area contributed by atoms with Crippen molar-refractivity contribution >= 4 is 20.0 Å². The lowest BCUT2D eigenvalue weighted by Gasteiger charge is -2.18. The Balaban J connectivity index is 2.40. The number of rotatable bonds is 5. The van der Waals surface area contributed by atoms with E-state index in [-0.39, 0.29) is 10.5 Å². The summed E-state index contributed by atoms with van der Waals surface area (Å²) in [6.07, 6.45) is -4.85. The number of alkyl halides is 3. The first-order chi connectivity index (χ1) is 11.8. The van der Waals surface area contributed by atoms with Gasteiger partial charge < -0.3 is 0 Å². The zero-order valence-corrected chi connectivity index (χ0v) is 15.0. The van der Waals surface area contributed by atoms with Gasteiger partial charge in [-0.15, -0.1) is 0 Å². The van der Waals surface area contributed by atoms with Crippen LogP contribution in [0, 0.1) is 0 Å². The molecule has 2 rings (SSSR count). The van der Waals surface area contributed by atoms with Crippen LogP contribution >= 0.6 is 0 Å². The first-order valence-corrected chi connectivity index (χ1v) is 10.2. The van der Waals surface area contributed by atoms with Gasteiger partial charge in [-0.05, 0) is 36.8 Å². The molecule has 142 valence electrons. The molecule has 0 amide bonds. The normalized spacial score (nSPS) is 14.2. The SMILES string of the molecule is CC(NS(=O)(=O)c1ccccc1C(F)(F)F)c1cccc(S(N)(=O)=O)c1. The highest BCUT2D eigenvalue weighted by Crippen LogP contribution is 2.34. The van der Waals surface area contributed by atoms with Crippen LogP contribution in [-0.2, 0) is 26.2 Å². The van der Waals surface area contributed by atoms with Crippen molar-refractivity contribution in [3.63, 3.8) is 0 Å². The quantitative estimate of drug-likeness (QED) is 0.792. The molecule has 2 aromatic carbocycles. The lowest BCUT2D eigenvalue weighted by atomic mass is 10.1. The Kier molecular flexibility index (Phi) is 5.47. The van der Waals surface area contributed by atoms with Gasteiger partial charge in [-0.25, -0.2) is 26.7 Å². The second-order valence-corrected chi connectivity index (χ2v) is 8.70. The standard InChI is InChI=1S/C15H15F3N2O4S2/c1-10(11-5-4-6-12(9-11)25(19,21)22)20-26(23,24)14-8-3-2-7-13(14)15(16,17)18/h2-10,20H,1H3,(H2,19,21,22). The molecule has 0 saturated carbocycles. The molecule has 0 saturated heterocycles. The summed E-state index contributed by atoms with van der Waals surface area (Å²) in [5.41, 5.74) is -1.07. The van der Waals surface area contributed by atoms with E-state index >= 15 is 0 Å². The van der Waals surface area contributed by atoms with Crippen LogP contribution in [0.25, 0.3) is 0 Å². The molecule has 0 aliphatic rings. The third-order valence-corrected chi connectivity index (χ3v) is 6.01. The van der Waals surface area contributed by atoms with Crippen molar-refractivity contribution < 1.29 is 30.0 Å². The molecule has 0 bridgehead atoms. The van der Waals surface area contributed by atoms with Gasteiger partial charge in [-0.2, -0.15) is 13.2 Å². The third kappa shape index (κ3) is 4.61. The molecule has 1 unspecified atom stereocenters. The Hall–Kier alpha value is -1.95. The lowest BCUT2D eigenvalue weighted by Crippen LogP contribution is -2.29. The Morgan fingerprint density at radius 1 is 1.00 bits per heavy atom. The topological polar surface area (TPSA) is 106 Å². The molecule has 0 fully saturated rings. The van der Waals surface area contributed by atoms with Crippen molar-refractivity contribution in [1.82, 2.24) is 4.72 Å². The van der Waals surface area contributed by atoms with Crippen LogP contribution in [0.4, 0.5) is 13.2 Å². The lowest BCUT2D eigenvalue weighted by molar-refractivity contribution is -0.139. The minimum atomic E-state index is -4.85. The van der Waals surface area contributed by atoms with Gasteiger partial charge >= 0.3 is 6.18 Å². The fraction of sp³-hybridized carbons (Fsp3) is 0.200. The van der Waals surface area contributed by atoms with E-state index in [1.54, 1.807) is 0 Å². The van der Waals surface area contributed by atoms with Crippen molar-refractivity contribution in [3.8, 4) is 0 Å². The summed E-state index contributed by atoms with van der Waals surface area (Å²) in [6, 6.07) is 7.93. The monoisotopic (exact) mass is 408 g/mol. The summed E-state index contributed by atoms with van der Waals surface area (Å²) < 4.78 is 88.9. The second kappa shape index (κ2) is 6.99. The predicted molar refractivity (Wildman–Crippen MR) is 88.0 cm³/mol. The number of hydrogen-bond donors (Lipinski definition) is 2. The van der Waals surface area contributed by atoms with Gasteiger partial charge in [-0.3, -0.25) is 0 Å². The molecule has 0 aliphatic heterocycles. The van der Waals surface area contributed by atoms with Gasteiger partial charge in [0.15, 0.2) is 0 Å². The van der Waals surface area contributed by atoms with Crippen molar-refractivity contribution in [2.45, 2.75) is 28.9 Å². The molecular weight excluding hydrogens is 393 g/mol. The molecule has 6 nitrogen and oxygen atoms in total. The third-order valence-electron chi connectivity index (χ3n) is 3.50. The highest BCUT2D eigenvalue weighted by molar-refractivity contribution is 7.89. The van der Waals surface area contributed by atoms with Crippen molar-refractivity contribution in [2.75, 3.05) is 0 Å². The van der Waals surface area contributed by atoms with Gasteiger partial charge in [0.2, 0.25) is 20.0 Å². The zero-order valence-electron chi connectivity index (χ0n) is 13.4. The van der Waals surface area contributed by atoms with E-state index in [0.29, 0.717) is 6.07 Å². The summed E-state index contributed by atoms with van der Waals surface area (Å²) >= 11 is 0. The van der Waals surface area contributed by atoms with Crippen LogP contribution in [0.3, 0.4) is 0 Å². The molecule has 11 heteroatoms. The highest BCUT2D eigenvalue weighted by Gasteiger charge is 2.37. The fourth-order valence-corrected chi connectivity index (χ4v) is 4.29. The Labute approximate surface area is 148 Å². The molecule has 1 atom stereocenters. The Bertz CT molecular complexity index is 1020. The molecule has 2 aromatic rings. The average molecular weight is 408 g/mol. The van der Waals surface area contributed by atoms with Crippen LogP contribution in [0.2, 0.25) is 0 Å². The summed E-state index contributed by atoms with van der Waals surface area (Å²) in [4.78, 5) is -1.15. The van der Waals surface area contributed by atoms with Gasteiger partial charge in [0.05, 0.1) is 15.4 Å². The maximum Gasteiger partial charge on any atom is 0.417 e. The number of nitrogens with two attached hydrogens (primary N) is 1. The summed E-state index contributed by atoms with van der Waals surface area (Å²) in [5, 5.41) is 5.02. The van der Waals surface area contributed by atoms with E-state index in [1.165, 1.54) is 31.2 Å². The first-order valence-electron chi connectivity index (χ1n) is 7.14. The van der Waals surface area contributed by atoms with E-state index in [2.05, 4.69) is 4.72 Å². The first kappa shape index (κ1) is 20.4. The fourth-order valence-electron chi connectivity index (χ4n) is 2.26. The summed E-state index contributed by atoms with van der Waals surface area (Å²) in [7, 11) is -8.53. The zero-order chi connectivity index (χ0) is 19.8. The number of benzene rings is 2. The molecule has 3 N–H and O–H groups in total. The molecule has 0 aromatic heterocycles. The van der Waals surface area contributed by atoms with Crippen molar-refractivity contribution in [1.29, 1.82) is 0 Å². The molecule has 26 heavy (non-hydrogen) atoms. The number of halogens is 3. The highest BCUT2D eigenvalue weighted by atomic mass is 32.2. The molecule has 0 heterocycles. The molecule has 0 aliphatic carbocycles. The largest absolute Gasteiger partial charge is 0.417 e. The molecule has 0 spiro atoms. The van der Waals surface area contributed by atoms with E-state index in [1.807, 2.05) is 0 Å². The maximum atomic E-state index is 13.1. The minimum Gasteiger partial charge on any atom is -0.225 e. The van der Waals surface area contributed by atoms with Crippen molar-refractivity contribution in [3.05, 3.63) is 59.7 Å². The number of primary sulfonamides is 1. The van der Waals surface area contributed by atoms with Gasteiger partial charge in [-0.1, -0.05) is 24.3 Å². The van der Waals surface area contributed by atoms with E-state index < -0.39 is 42.7 Å². The van der Waals surface area contributed by atoms with Crippen molar-refractivity contribution in [2.24, 2.45) is 5.14 Å². The van der Waals surface area contributed by atoms with Gasteiger partial charge in [0, 0.05) is 6.04 Å². The minimum absolute atomic E-state index is 0.226. The molecule has 0 radical (unpaired) electrons. The van der Waals surface area contributed by atoms with E-state index in [0.717, 1.165) is 18.2 Å². The van der Waals surface area contributed by atoms with E-state index in [4.69, 9.17) is 5.14 Å². The maximum absolute atomic E-state index is 13.1. The van der Waals surface area contributed by atoms with Crippen LogP contribution in [0.15, 0.2) is 58.3 Å². The smallest absolute Gasteiger partial charge is 0.225 e.